The summed E-state index contributed by atoms with van der Waals surface area (Å²) in [7, 11) is 2.63. The minimum Gasteiger partial charge on any atom is -0.496 e. The van der Waals surface area contributed by atoms with Crippen molar-refractivity contribution in [2.24, 2.45) is 0 Å². The molecular weight excluding hydrogens is 521 g/mol. The van der Waals surface area contributed by atoms with Gasteiger partial charge in [-0.15, -0.1) is 0 Å². The summed E-state index contributed by atoms with van der Waals surface area (Å²) in [6, 6.07) is 14.5. The van der Waals surface area contributed by atoms with Gasteiger partial charge >= 0.3 is 6.18 Å². The van der Waals surface area contributed by atoms with Gasteiger partial charge in [0.15, 0.2) is 0 Å². The molecule has 2 aromatic carbocycles. The van der Waals surface area contributed by atoms with Crippen LogP contribution in [0, 0.1) is 11.3 Å². The zero-order valence-electron chi connectivity index (χ0n) is 20.4. The molecule has 0 radical (unpaired) electrons. The van der Waals surface area contributed by atoms with Crippen molar-refractivity contribution in [3.63, 3.8) is 0 Å². The molecule has 0 saturated carbocycles. The van der Waals surface area contributed by atoms with Crippen LogP contribution in [0.3, 0.4) is 0 Å². The lowest BCUT2D eigenvalue weighted by Gasteiger charge is -2.29. The molecule has 2 heterocycles. The Morgan fingerprint density at radius 3 is 2.37 bits per heavy atom. The van der Waals surface area contributed by atoms with Crippen LogP contribution in [0.4, 0.5) is 13.2 Å². The Labute approximate surface area is 222 Å². The predicted octanol–water partition coefficient (Wildman–Crippen LogP) is 5.01. The van der Waals surface area contributed by atoms with Crippen molar-refractivity contribution in [1.29, 1.82) is 5.26 Å². The number of nitrogens with zero attached hydrogens (tertiary/aromatic N) is 4. The first kappa shape index (κ1) is 26.9. The van der Waals surface area contributed by atoms with Crippen molar-refractivity contribution < 1.29 is 27.5 Å². The van der Waals surface area contributed by atoms with Crippen molar-refractivity contribution in [2.45, 2.75) is 18.1 Å². The maximum Gasteiger partial charge on any atom is 0.419 e. The summed E-state index contributed by atoms with van der Waals surface area (Å²) < 4.78 is 45.5. The third kappa shape index (κ3) is 5.43. The molecule has 2 atom stereocenters. The standard InChI is InChI=1S/C27H22ClF3N4O3/c1-34(25(36)17-6-10-24(38-2)22(11-17)27(29,30)31)23-15-35(14-21(23)16-3-7-19(28)8-4-16)26(37)18-5-9-20(12-32)33-13-18/h3-11,13,21,23H,14-15H2,1-2H3/t21-,23+/m1/s1. The highest BCUT2D eigenvalue weighted by atomic mass is 35.5. The zero-order valence-corrected chi connectivity index (χ0v) is 21.1. The molecule has 1 aliphatic heterocycles. The van der Waals surface area contributed by atoms with E-state index < -0.39 is 23.7 Å². The van der Waals surface area contributed by atoms with Crippen LogP contribution in [0.2, 0.25) is 5.02 Å². The van der Waals surface area contributed by atoms with Crippen molar-refractivity contribution in [2.75, 3.05) is 27.2 Å². The third-order valence-electron chi connectivity index (χ3n) is 6.57. The van der Waals surface area contributed by atoms with E-state index in [4.69, 9.17) is 21.6 Å². The number of benzene rings is 2. The second kappa shape index (κ2) is 10.7. The normalized spacial score (nSPS) is 17.1. The third-order valence-corrected chi connectivity index (χ3v) is 6.82. The van der Waals surface area contributed by atoms with Crippen molar-refractivity contribution in [3.8, 4) is 11.8 Å². The summed E-state index contributed by atoms with van der Waals surface area (Å²) in [6.45, 7) is 0.385. The Balaban J connectivity index is 1.66. The van der Waals surface area contributed by atoms with E-state index >= 15 is 0 Å². The van der Waals surface area contributed by atoms with E-state index in [9.17, 15) is 22.8 Å². The van der Waals surface area contributed by atoms with Crippen molar-refractivity contribution in [1.82, 2.24) is 14.8 Å². The number of hydrogen-bond donors (Lipinski definition) is 0. The molecular formula is C27H22ClF3N4O3. The number of aromatic nitrogens is 1. The van der Waals surface area contributed by atoms with E-state index in [0.717, 1.165) is 24.8 Å². The maximum atomic E-state index is 13.6. The number of rotatable bonds is 5. The number of halogens is 4. The molecule has 0 aliphatic carbocycles. The molecule has 38 heavy (non-hydrogen) atoms. The SMILES string of the molecule is COc1ccc(C(=O)N(C)[C@H]2CN(C(=O)c3ccc(C#N)nc3)C[C@@H]2c2ccc(Cl)cc2)cc1C(F)(F)F. The van der Waals surface area contributed by atoms with Gasteiger partial charge in [0.05, 0.1) is 24.3 Å². The lowest BCUT2D eigenvalue weighted by atomic mass is 9.93. The smallest absolute Gasteiger partial charge is 0.419 e. The number of ether oxygens (including phenoxy) is 1. The van der Waals surface area contributed by atoms with Crippen LogP contribution in [0.5, 0.6) is 5.75 Å². The summed E-state index contributed by atoms with van der Waals surface area (Å²) in [6.07, 6.45) is -3.39. The number of amides is 2. The molecule has 1 fully saturated rings. The Morgan fingerprint density at radius 2 is 1.79 bits per heavy atom. The first-order valence-corrected chi connectivity index (χ1v) is 11.8. The monoisotopic (exact) mass is 542 g/mol. The van der Waals surface area contributed by atoms with Crippen LogP contribution in [-0.4, -0.2) is 59.9 Å². The molecule has 7 nitrogen and oxygen atoms in total. The van der Waals surface area contributed by atoms with E-state index in [1.807, 2.05) is 6.07 Å². The predicted molar refractivity (Wildman–Crippen MR) is 133 cm³/mol. The maximum absolute atomic E-state index is 13.6. The molecule has 1 saturated heterocycles. The Morgan fingerprint density at radius 1 is 1.11 bits per heavy atom. The van der Waals surface area contributed by atoms with Gasteiger partial charge in [0.25, 0.3) is 11.8 Å². The Kier molecular flexibility index (Phi) is 7.60. The van der Waals surface area contributed by atoms with Crippen LogP contribution >= 0.6 is 11.6 Å². The van der Waals surface area contributed by atoms with Gasteiger partial charge < -0.3 is 14.5 Å². The fraction of sp³-hybridized carbons (Fsp3) is 0.259. The average Bonchev–Trinajstić information content (AvgIpc) is 3.37. The number of likely N-dealkylation sites (tertiary alicyclic amines) is 1. The van der Waals surface area contributed by atoms with E-state index in [-0.39, 0.29) is 47.5 Å². The molecule has 0 spiro atoms. The molecule has 0 bridgehead atoms. The number of pyridine rings is 1. The van der Waals surface area contributed by atoms with Gasteiger partial charge in [-0.3, -0.25) is 9.59 Å². The van der Waals surface area contributed by atoms with E-state index in [0.29, 0.717) is 5.02 Å². The van der Waals surface area contributed by atoms with Crippen LogP contribution < -0.4 is 4.74 Å². The highest BCUT2D eigenvalue weighted by molar-refractivity contribution is 6.30. The molecule has 2 amide bonds. The summed E-state index contributed by atoms with van der Waals surface area (Å²) in [5.74, 6) is -1.69. The quantitative estimate of drug-likeness (QED) is 0.452. The van der Waals surface area contributed by atoms with Gasteiger partial charge in [-0.1, -0.05) is 23.7 Å². The summed E-state index contributed by atoms with van der Waals surface area (Å²) in [4.78, 5) is 33.5. The van der Waals surface area contributed by atoms with E-state index in [1.54, 1.807) is 29.2 Å². The van der Waals surface area contributed by atoms with Gasteiger partial charge in [-0.05, 0) is 48.0 Å². The first-order chi connectivity index (χ1) is 18.0. The molecule has 0 N–H and O–H groups in total. The summed E-state index contributed by atoms with van der Waals surface area (Å²) in [5, 5.41) is 9.48. The second-order valence-electron chi connectivity index (χ2n) is 8.81. The van der Waals surface area contributed by atoms with Crippen LogP contribution in [0.25, 0.3) is 0 Å². The fourth-order valence-corrected chi connectivity index (χ4v) is 4.69. The van der Waals surface area contributed by atoms with Gasteiger partial charge in [0, 0.05) is 42.8 Å². The number of methoxy groups -OCH3 is 1. The number of alkyl halides is 3. The number of likely N-dealkylation sites (N-methyl/N-ethyl adjacent to an activating group) is 1. The lowest BCUT2D eigenvalue weighted by molar-refractivity contribution is -0.138. The molecule has 0 unspecified atom stereocenters. The molecule has 4 rings (SSSR count). The fourth-order valence-electron chi connectivity index (χ4n) is 4.57. The molecule has 3 aromatic rings. The largest absolute Gasteiger partial charge is 0.496 e. The lowest BCUT2D eigenvalue weighted by Crippen LogP contribution is -2.42. The second-order valence-corrected chi connectivity index (χ2v) is 9.24. The topological polar surface area (TPSA) is 86.5 Å². The van der Waals surface area contributed by atoms with Crippen LogP contribution in [0.1, 0.15) is 43.5 Å². The number of carbonyl (C=O) groups excluding carboxylic acids is 2. The summed E-state index contributed by atoms with van der Waals surface area (Å²) >= 11 is 6.05. The molecule has 196 valence electrons. The van der Waals surface area contributed by atoms with Gasteiger partial charge in [-0.25, -0.2) is 4.98 Å². The number of hydrogen-bond acceptors (Lipinski definition) is 5. The Bertz CT molecular complexity index is 1390. The zero-order chi connectivity index (χ0) is 27.6. The Hall–Kier alpha value is -4.10. The minimum atomic E-state index is -4.71. The van der Waals surface area contributed by atoms with Crippen molar-refractivity contribution in [3.05, 3.63) is 93.8 Å². The number of nitriles is 1. The highest BCUT2D eigenvalue weighted by Gasteiger charge is 2.41. The van der Waals surface area contributed by atoms with Gasteiger partial charge in [-0.2, -0.15) is 18.4 Å². The minimum absolute atomic E-state index is 0.136. The highest BCUT2D eigenvalue weighted by Crippen LogP contribution is 2.38. The first-order valence-electron chi connectivity index (χ1n) is 11.5. The molecule has 1 aliphatic rings. The van der Waals surface area contributed by atoms with Crippen LogP contribution in [0.15, 0.2) is 60.8 Å². The van der Waals surface area contributed by atoms with E-state index in [2.05, 4.69) is 4.98 Å². The molecule has 11 heteroatoms. The summed E-state index contributed by atoms with van der Waals surface area (Å²) in [5.41, 5.74) is 0.0565. The number of carbonyl (C=O) groups is 2. The van der Waals surface area contributed by atoms with Crippen LogP contribution in [-0.2, 0) is 6.18 Å². The van der Waals surface area contributed by atoms with Crippen molar-refractivity contribution >= 4 is 23.4 Å². The van der Waals surface area contributed by atoms with E-state index in [1.165, 1.54) is 36.3 Å². The van der Waals surface area contributed by atoms with Gasteiger partial charge in [0.1, 0.15) is 17.5 Å². The molecule has 1 aromatic heterocycles. The average molecular weight is 543 g/mol. The van der Waals surface area contributed by atoms with Gasteiger partial charge in [0.2, 0.25) is 0 Å².